The van der Waals surface area contributed by atoms with Crippen molar-refractivity contribution in [1.82, 2.24) is 0 Å². The molecule has 4 heteroatoms. The highest BCUT2D eigenvalue weighted by Crippen LogP contribution is 2.60. The Morgan fingerprint density at radius 1 is 1.25 bits per heavy atom. The van der Waals surface area contributed by atoms with E-state index in [0.717, 1.165) is 0 Å². The topological polar surface area (TPSA) is 17.1 Å². The summed E-state index contributed by atoms with van der Waals surface area (Å²) in [6.45, 7) is 3.77. The van der Waals surface area contributed by atoms with Gasteiger partial charge in [0.05, 0.1) is 5.16 Å². The Balaban J connectivity index is 4.26. The van der Waals surface area contributed by atoms with Crippen molar-refractivity contribution < 1.29 is 13.0 Å². The molecular formula is C4H9F2OP. The van der Waals surface area contributed by atoms with Crippen LogP contribution in [0.2, 0.25) is 0 Å². The Morgan fingerprint density at radius 3 is 1.38 bits per heavy atom. The second-order valence-corrected chi connectivity index (χ2v) is 4.90. The summed E-state index contributed by atoms with van der Waals surface area (Å²) in [5, 5.41) is -1.34. The van der Waals surface area contributed by atoms with Gasteiger partial charge < -0.3 is 0 Å². The van der Waals surface area contributed by atoms with Gasteiger partial charge in [0.15, 0.2) is 0 Å². The van der Waals surface area contributed by atoms with E-state index in [1.165, 1.54) is 20.8 Å². The van der Waals surface area contributed by atoms with Crippen LogP contribution in [0.1, 0.15) is 20.8 Å². The van der Waals surface area contributed by atoms with E-state index in [9.17, 15) is 13.0 Å². The summed E-state index contributed by atoms with van der Waals surface area (Å²) in [6.07, 6.45) is 0. The van der Waals surface area contributed by atoms with E-state index in [1.807, 2.05) is 0 Å². The van der Waals surface area contributed by atoms with Crippen LogP contribution in [0.25, 0.3) is 0 Å². The lowest BCUT2D eigenvalue weighted by Gasteiger charge is -2.14. The van der Waals surface area contributed by atoms with Crippen LogP contribution in [-0.4, -0.2) is 5.16 Å². The molecule has 0 N–H and O–H groups in total. The van der Waals surface area contributed by atoms with Gasteiger partial charge in [0.25, 0.3) is 0 Å². The maximum atomic E-state index is 11.8. The van der Waals surface area contributed by atoms with Crippen molar-refractivity contribution in [3.8, 4) is 0 Å². The lowest BCUT2D eigenvalue weighted by Crippen LogP contribution is -2.08. The molecule has 50 valence electrons. The molecule has 0 aliphatic heterocycles. The SMILES string of the molecule is CC(C)(C)P(=O)(F)F. The molecule has 0 spiro atoms. The highest BCUT2D eigenvalue weighted by atomic mass is 31.2. The minimum absolute atomic E-state index is 1.26. The quantitative estimate of drug-likeness (QED) is 0.475. The zero-order valence-corrected chi connectivity index (χ0v) is 6.01. The Kier molecular flexibility index (Phi) is 1.82. The Hall–Kier alpha value is 0.0900. The highest BCUT2D eigenvalue weighted by molar-refractivity contribution is 7.54. The molecular weight excluding hydrogens is 133 g/mol. The lowest BCUT2D eigenvalue weighted by molar-refractivity contribution is 0.457. The van der Waals surface area contributed by atoms with Gasteiger partial charge in [-0.3, -0.25) is 0 Å². The monoisotopic (exact) mass is 142 g/mol. The second-order valence-electron chi connectivity index (χ2n) is 2.63. The van der Waals surface area contributed by atoms with Crippen LogP contribution >= 0.6 is 7.76 Å². The van der Waals surface area contributed by atoms with E-state index in [0.29, 0.717) is 0 Å². The van der Waals surface area contributed by atoms with Crippen LogP contribution < -0.4 is 0 Å². The van der Waals surface area contributed by atoms with Gasteiger partial charge in [-0.25, -0.2) is 4.57 Å². The molecule has 8 heavy (non-hydrogen) atoms. The van der Waals surface area contributed by atoms with E-state index >= 15 is 0 Å². The summed E-state index contributed by atoms with van der Waals surface area (Å²) in [5.41, 5.74) is 0. The van der Waals surface area contributed by atoms with Gasteiger partial charge in [-0.05, 0) is 20.8 Å². The first kappa shape index (κ1) is 8.09. The summed E-state index contributed by atoms with van der Waals surface area (Å²) < 4.78 is 33.5. The van der Waals surface area contributed by atoms with E-state index in [-0.39, 0.29) is 0 Å². The molecule has 0 saturated heterocycles. The Bertz CT molecular complexity index is 120. The van der Waals surface area contributed by atoms with Crippen molar-refractivity contribution in [2.75, 3.05) is 0 Å². The van der Waals surface area contributed by atoms with Crippen molar-refractivity contribution in [2.24, 2.45) is 0 Å². The first-order valence-electron chi connectivity index (χ1n) is 2.24. The molecule has 1 nitrogen and oxygen atoms in total. The number of halogens is 2. The van der Waals surface area contributed by atoms with Crippen LogP contribution in [0.5, 0.6) is 0 Å². The standard InChI is InChI=1S/C4H9F2OP/c1-4(2,3)8(5,6)7/h1-3H3. The van der Waals surface area contributed by atoms with Crippen molar-refractivity contribution in [2.45, 2.75) is 25.9 Å². The number of rotatable bonds is 0. The van der Waals surface area contributed by atoms with Crippen molar-refractivity contribution in [1.29, 1.82) is 0 Å². The molecule has 0 aromatic carbocycles. The third-order valence-corrected chi connectivity index (χ3v) is 2.34. The molecule has 0 aliphatic rings. The van der Waals surface area contributed by atoms with Crippen LogP contribution in [0.3, 0.4) is 0 Å². The smallest absolute Gasteiger partial charge is 0.249 e. The average Bonchev–Trinajstić information content (AvgIpc) is 1.25. The number of hydrogen-bond donors (Lipinski definition) is 0. The molecule has 0 unspecified atom stereocenters. The predicted molar refractivity (Wildman–Crippen MR) is 29.6 cm³/mol. The summed E-state index contributed by atoms with van der Waals surface area (Å²) in [7, 11) is -4.85. The van der Waals surface area contributed by atoms with Crippen LogP contribution in [0.4, 0.5) is 8.39 Å². The Morgan fingerprint density at radius 2 is 1.38 bits per heavy atom. The van der Waals surface area contributed by atoms with E-state index in [2.05, 4.69) is 0 Å². The van der Waals surface area contributed by atoms with Gasteiger partial charge in [0, 0.05) is 0 Å². The predicted octanol–water partition coefficient (Wildman–Crippen LogP) is 2.92. The third-order valence-electron chi connectivity index (χ3n) is 0.781. The highest BCUT2D eigenvalue weighted by Gasteiger charge is 2.36. The summed E-state index contributed by atoms with van der Waals surface area (Å²) in [6, 6.07) is 0. The normalized spacial score (nSPS) is 14.1. The van der Waals surface area contributed by atoms with Crippen LogP contribution in [0.15, 0.2) is 0 Å². The van der Waals surface area contributed by atoms with Crippen LogP contribution in [0, 0.1) is 0 Å². The van der Waals surface area contributed by atoms with Crippen molar-refractivity contribution in [3.63, 3.8) is 0 Å². The first-order valence-corrected chi connectivity index (χ1v) is 3.73. The van der Waals surface area contributed by atoms with Gasteiger partial charge in [-0.15, -0.1) is 0 Å². The zero-order valence-electron chi connectivity index (χ0n) is 5.11. The zero-order chi connectivity index (χ0) is 7.00. The summed E-state index contributed by atoms with van der Waals surface area (Å²) in [5.74, 6) is 0. The molecule has 0 amide bonds. The average molecular weight is 142 g/mol. The molecule has 0 atom stereocenters. The minimum Gasteiger partial charge on any atom is -0.249 e. The lowest BCUT2D eigenvalue weighted by atomic mass is 10.3. The molecule has 0 aromatic rings. The van der Waals surface area contributed by atoms with Crippen molar-refractivity contribution >= 4 is 7.76 Å². The molecule has 0 fully saturated rings. The largest absolute Gasteiger partial charge is 0.407 e. The minimum atomic E-state index is -4.85. The molecule has 0 saturated carbocycles. The van der Waals surface area contributed by atoms with Gasteiger partial charge in [-0.2, -0.15) is 8.39 Å². The molecule has 0 rings (SSSR count). The first-order chi connectivity index (χ1) is 3.25. The summed E-state index contributed by atoms with van der Waals surface area (Å²) >= 11 is 0. The van der Waals surface area contributed by atoms with Crippen LogP contribution in [-0.2, 0) is 4.57 Å². The van der Waals surface area contributed by atoms with Crippen molar-refractivity contribution in [3.05, 3.63) is 0 Å². The van der Waals surface area contributed by atoms with Gasteiger partial charge in [0.1, 0.15) is 0 Å². The van der Waals surface area contributed by atoms with E-state index in [4.69, 9.17) is 0 Å². The van der Waals surface area contributed by atoms with E-state index in [1.54, 1.807) is 0 Å². The maximum absolute atomic E-state index is 11.8. The molecule has 0 aliphatic carbocycles. The fraction of sp³-hybridized carbons (Fsp3) is 1.00. The maximum Gasteiger partial charge on any atom is 0.407 e. The Labute approximate surface area is 47.7 Å². The van der Waals surface area contributed by atoms with E-state index < -0.39 is 12.9 Å². The molecule has 0 aromatic heterocycles. The van der Waals surface area contributed by atoms with Gasteiger partial charge in [-0.1, -0.05) is 0 Å². The molecule has 0 bridgehead atoms. The summed E-state index contributed by atoms with van der Waals surface area (Å²) in [4.78, 5) is 0. The van der Waals surface area contributed by atoms with Gasteiger partial charge in [0.2, 0.25) is 0 Å². The second kappa shape index (κ2) is 1.80. The third kappa shape index (κ3) is 1.91. The molecule has 0 heterocycles. The molecule has 0 radical (unpaired) electrons. The number of hydrogen-bond acceptors (Lipinski definition) is 1. The fourth-order valence-electron chi connectivity index (χ4n) is 0. The van der Waals surface area contributed by atoms with Gasteiger partial charge >= 0.3 is 7.76 Å². The fourth-order valence-corrected chi connectivity index (χ4v) is 0.